The zero-order valence-corrected chi connectivity index (χ0v) is 16.9. The zero-order valence-electron chi connectivity index (χ0n) is 16.9. The van der Waals surface area contributed by atoms with Crippen molar-refractivity contribution in [2.45, 2.75) is 25.5 Å². The van der Waals surface area contributed by atoms with Gasteiger partial charge < -0.3 is 24.6 Å². The molecular weight excluding hydrogens is 354 g/mol. The number of rotatable bonds is 7. The Bertz CT molecular complexity index is 771. The van der Waals surface area contributed by atoms with Crippen molar-refractivity contribution in [1.29, 1.82) is 0 Å². The minimum Gasteiger partial charge on any atom is -0.495 e. The molecule has 1 saturated heterocycles. The number of hydrogen-bond donors (Lipinski definition) is 1. The molecule has 1 heterocycles. The number of methoxy groups -OCH3 is 1. The summed E-state index contributed by atoms with van der Waals surface area (Å²) in [5.74, 6) is 0.642. The molecule has 0 aromatic heterocycles. The molecular formula is C22H29N3O3. The van der Waals surface area contributed by atoms with Gasteiger partial charge in [0, 0.05) is 39.5 Å². The fraction of sp³-hybridized carbons (Fsp3) is 0.409. The first-order valence-corrected chi connectivity index (χ1v) is 9.63. The van der Waals surface area contributed by atoms with E-state index in [4.69, 9.17) is 9.47 Å². The van der Waals surface area contributed by atoms with Gasteiger partial charge in [0.25, 0.3) is 0 Å². The zero-order chi connectivity index (χ0) is 19.9. The normalized spacial score (nSPS) is 15.9. The minimum absolute atomic E-state index is 0.0875. The summed E-state index contributed by atoms with van der Waals surface area (Å²) >= 11 is 0. The summed E-state index contributed by atoms with van der Waals surface area (Å²) in [7, 11) is 5.63. The fourth-order valence-corrected chi connectivity index (χ4v) is 3.32. The van der Waals surface area contributed by atoms with Gasteiger partial charge in [-0.05, 0) is 42.7 Å². The predicted octanol–water partition coefficient (Wildman–Crippen LogP) is 3.97. The lowest BCUT2D eigenvalue weighted by molar-refractivity contribution is 0.0819. The van der Waals surface area contributed by atoms with Gasteiger partial charge in [0.15, 0.2) is 0 Å². The summed E-state index contributed by atoms with van der Waals surface area (Å²) in [6.07, 6.45) is 2.12. The van der Waals surface area contributed by atoms with Gasteiger partial charge in [-0.15, -0.1) is 0 Å². The van der Waals surface area contributed by atoms with Gasteiger partial charge in [-0.2, -0.15) is 0 Å². The van der Waals surface area contributed by atoms with Crippen LogP contribution in [0.4, 0.5) is 16.2 Å². The van der Waals surface area contributed by atoms with E-state index in [1.165, 1.54) is 0 Å². The van der Waals surface area contributed by atoms with Crippen LogP contribution in [-0.4, -0.2) is 51.4 Å². The molecule has 28 heavy (non-hydrogen) atoms. The van der Waals surface area contributed by atoms with E-state index in [9.17, 15) is 4.79 Å². The second-order valence-electron chi connectivity index (χ2n) is 7.21. The number of amides is 2. The molecule has 6 heteroatoms. The van der Waals surface area contributed by atoms with Crippen molar-refractivity contribution in [2.24, 2.45) is 0 Å². The number of benzene rings is 2. The second-order valence-corrected chi connectivity index (χ2v) is 7.21. The smallest absolute Gasteiger partial charge is 0.322 e. The van der Waals surface area contributed by atoms with Crippen molar-refractivity contribution in [3.05, 3.63) is 54.1 Å². The number of para-hydroxylation sites is 2. The van der Waals surface area contributed by atoms with Crippen molar-refractivity contribution in [3.63, 3.8) is 0 Å². The molecule has 1 aliphatic rings. The molecule has 1 atom stereocenters. The van der Waals surface area contributed by atoms with Crippen LogP contribution in [0.3, 0.4) is 0 Å². The Morgan fingerprint density at radius 1 is 1.18 bits per heavy atom. The van der Waals surface area contributed by atoms with Crippen molar-refractivity contribution in [1.82, 2.24) is 4.90 Å². The Balaban J connectivity index is 1.74. The second kappa shape index (κ2) is 9.46. The first kappa shape index (κ1) is 20.0. The van der Waals surface area contributed by atoms with E-state index in [-0.39, 0.29) is 12.1 Å². The van der Waals surface area contributed by atoms with E-state index < -0.39 is 0 Å². The lowest BCUT2D eigenvalue weighted by Crippen LogP contribution is -2.39. The number of urea groups is 1. The van der Waals surface area contributed by atoms with Gasteiger partial charge in [-0.25, -0.2) is 4.79 Å². The van der Waals surface area contributed by atoms with Gasteiger partial charge in [0.2, 0.25) is 0 Å². The van der Waals surface area contributed by atoms with Crippen LogP contribution in [0.5, 0.6) is 5.75 Å². The Morgan fingerprint density at radius 2 is 1.93 bits per heavy atom. The number of carbonyl (C=O) groups is 1. The van der Waals surface area contributed by atoms with E-state index in [0.717, 1.165) is 30.7 Å². The van der Waals surface area contributed by atoms with Crippen LogP contribution in [0.1, 0.15) is 18.4 Å². The lowest BCUT2D eigenvalue weighted by Gasteiger charge is -2.26. The number of hydrogen-bond acceptors (Lipinski definition) is 4. The summed E-state index contributed by atoms with van der Waals surface area (Å²) < 4.78 is 11.1. The molecule has 2 amide bonds. The summed E-state index contributed by atoms with van der Waals surface area (Å²) in [5, 5.41) is 2.98. The molecule has 3 rings (SSSR count). The average molecular weight is 383 g/mol. The van der Waals surface area contributed by atoms with Crippen LogP contribution in [0.2, 0.25) is 0 Å². The maximum Gasteiger partial charge on any atom is 0.322 e. The third-order valence-electron chi connectivity index (χ3n) is 4.91. The van der Waals surface area contributed by atoms with Gasteiger partial charge >= 0.3 is 6.03 Å². The summed E-state index contributed by atoms with van der Waals surface area (Å²) in [4.78, 5) is 16.9. The largest absolute Gasteiger partial charge is 0.495 e. The molecule has 150 valence electrons. The summed E-state index contributed by atoms with van der Waals surface area (Å²) in [6, 6.07) is 15.5. The molecule has 6 nitrogen and oxygen atoms in total. The fourth-order valence-electron chi connectivity index (χ4n) is 3.32. The molecule has 0 spiro atoms. The van der Waals surface area contributed by atoms with Crippen molar-refractivity contribution in [2.75, 3.05) is 44.6 Å². The van der Waals surface area contributed by atoms with Gasteiger partial charge in [0.1, 0.15) is 5.75 Å². The van der Waals surface area contributed by atoms with Crippen LogP contribution >= 0.6 is 0 Å². The van der Waals surface area contributed by atoms with E-state index in [0.29, 0.717) is 24.5 Å². The first-order valence-electron chi connectivity index (χ1n) is 9.63. The highest BCUT2D eigenvalue weighted by molar-refractivity contribution is 5.91. The van der Waals surface area contributed by atoms with Crippen molar-refractivity contribution < 1.29 is 14.3 Å². The minimum atomic E-state index is -0.156. The highest BCUT2D eigenvalue weighted by atomic mass is 16.5. The summed E-state index contributed by atoms with van der Waals surface area (Å²) in [5.41, 5.74) is 2.88. The Labute approximate surface area is 167 Å². The maximum atomic E-state index is 13.0. The van der Waals surface area contributed by atoms with E-state index in [1.54, 1.807) is 7.11 Å². The molecule has 1 N–H and O–H groups in total. The van der Waals surface area contributed by atoms with Crippen molar-refractivity contribution in [3.8, 4) is 5.75 Å². The number of carbonyl (C=O) groups excluding carboxylic acids is 1. The highest BCUT2D eigenvalue weighted by Gasteiger charge is 2.23. The molecule has 1 unspecified atom stereocenters. The van der Waals surface area contributed by atoms with Crippen molar-refractivity contribution >= 4 is 17.4 Å². The molecule has 0 saturated carbocycles. The Kier molecular flexibility index (Phi) is 6.76. The molecule has 1 fully saturated rings. The molecule has 0 radical (unpaired) electrons. The molecule has 1 aliphatic heterocycles. The van der Waals surface area contributed by atoms with Gasteiger partial charge in [-0.3, -0.25) is 0 Å². The van der Waals surface area contributed by atoms with Gasteiger partial charge in [0.05, 0.1) is 18.9 Å². The quantitative estimate of drug-likeness (QED) is 0.786. The number of nitrogens with one attached hydrogen (secondary N) is 1. The third-order valence-corrected chi connectivity index (χ3v) is 4.91. The van der Waals surface area contributed by atoms with Crippen LogP contribution in [0.25, 0.3) is 0 Å². The highest BCUT2D eigenvalue weighted by Crippen LogP contribution is 2.24. The first-order chi connectivity index (χ1) is 13.6. The number of nitrogens with zero attached hydrogens (tertiary/aromatic N) is 2. The standard InChI is InChI=1S/C22H29N3O3/c1-24(2)18-12-10-17(11-13-18)15-25(16-19-7-6-14-28-19)22(26)23-20-8-4-5-9-21(20)27-3/h4-5,8-13,19H,6-7,14-16H2,1-3H3,(H,23,26). The van der Waals surface area contributed by atoms with Crippen LogP contribution in [-0.2, 0) is 11.3 Å². The average Bonchev–Trinajstić information content (AvgIpc) is 3.21. The third kappa shape index (κ3) is 5.16. The van der Waals surface area contributed by atoms with Gasteiger partial charge in [-0.1, -0.05) is 24.3 Å². The SMILES string of the molecule is COc1ccccc1NC(=O)N(Cc1ccc(N(C)C)cc1)CC1CCCO1. The topological polar surface area (TPSA) is 54.0 Å². The lowest BCUT2D eigenvalue weighted by atomic mass is 10.1. The number of anilines is 2. The van der Waals surface area contributed by atoms with E-state index in [2.05, 4.69) is 34.5 Å². The predicted molar refractivity (Wildman–Crippen MR) is 112 cm³/mol. The van der Waals surface area contributed by atoms with Crippen LogP contribution in [0, 0.1) is 0 Å². The molecule has 2 aromatic rings. The summed E-state index contributed by atoms with van der Waals surface area (Å²) in [6.45, 7) is 1.86. The van der Waals surface area contributed by atoms with E-state index in [1.807, 2.05) is 43.3 Å². The maximum absolute atomic E-state index is 13.0. The molecule has 2 aromatic carbocycles. The Morgan fingerprint density at radius 3 is 2.57 bits per heavy atom. The van der Waals surface area contributed by atoms with Crippen LogP contribution < -0.4 is 15.0 Å². The molecule has 0 bridgehead atoms. The van der Waals surface area contributed by atoms with Crippen LogP contribution in [0.15, 0.2) is 48.5 Å². The Hall–Kier alpha value is -2.73. The monoisotopic (exact) mass is 383 g/mol. The van der Waals surface area contributed by atoms with E-state index >= 15 is 0 Å². The molecule has 0 aliphatic carbocycles. The number of ether oxygens (including phenoxy) is 2.